The number of hydrogen-bond donors (Lipinski definition) is 2. The maximum atomic E-state index is 5.79. The highest BCUT2D eigenvalue weighted by Crippen LogP contribution is 2.33. The second-order valence-corrected chi connectivity index (χ2v) is 5.85. The molecule has 24 heavy (non-hydrogen) atoms. The fourth-order valence-corrected chi connectivity index (χ4v) is 2.94. The number of aromatic amines is 1. The van der Waals surface area contributed by atoms with Gasteiger partial charge in [-0.2, -0.15) is 10.1 Å². The van der Waals surface area contributed by atoms with E-state index < -0.39 is 0 Å². The fourth-order valence-electron chi connectivity index (χ4n) is 2.94. The Kier molecular flexibility index (Phi) is 3.81. The van der Waals surface area contributed by atoms with Crippen LogP contribution < -0.4 is 10.1 Å². The van der Waals surface area contributed by atoms with E-state index in [4.69, 9.17) is 13.9 Å². The zero-order chi connectivity index (χ0) is 16.5. The average molecular weight is 329 g/mol. The number of aryl methyl sites for hydroxylation is 1. The van der Waals surface area contributed by atoms with Crippen LogP contribution in [0.15, 0.2) is 22.6 Å². The Labute approximate surface area is 138 Å². The molecule has 1 fully saturated rings. The quantitative estimate of drug-likeness (QED) is 0.742. The second kappa shape index (κ2) is 6.12. The Morgan fingerprint density at radius 3 is 3.08 bits per heavy atom. The Morgan fingerprint density at radius 2 is 2.29 bits per heavy atom. The standard InChI is InChI=1S/C16H19N5O3/c1-9-18-15(21-20-9)14-10(5-6-23-14)8-17-16-19-12-7-11(22-2)3-4-13(12)24-16/h3-4,7,10,14H,5-6,8H2,1-2H3,(H,17,19)(H,18,20,21)/t10-,14-/m0/s1. The van der Waals surface area contributed by atoms with Gasteiger partial charge in [0.05, 0.1) is 7.11 Å². The van der Waals surface area contributed by atoms with E-state index in [1.807, 2.05) is 25.1 Å². The van der Waals surface area contributed by atoms with Gasteiger partial charge < -0.3 is 19.2 Å². The van der Waals surface area contributed by atoms with Crippen LogP contribution in [0.5, 0.6) is 5.75 Å². The van der Waals surface area contributed by atoms with Crippen LogP contribution in [-0.4, -0.2) is 40.4 Å². The third-order valence-electron chi connectivity index (χ3n) is 4.19. The highest BCUT2D eigenvalue weighted by Gasteiger charge is 2.32. The van der Waals surface area contributed by atoms with E-state index in [-0.39, 0.29) is 12.0 Å². The predicted octanol–water partition coefficient (Wildman–Crippen LogP) is 2.45. The predicted molar refractivity (Wildman–Crippen MR) is 87.0 cm³/mol. The molecule has 8 heteroatoms. The number of fused-ring (bicyclic) bond motifs is 1. The smallest absolute Gasteiger partial charge is 0.295 e. The third-order valence-corrected chi connectivity index (χ3v) is 4.19. The normalized spacial score (nSPS) is 20.6. The molecule has 1 saturated heterocycles. The van der Waals surface area contributed by atoms with Crippen LogP contribution in [0.4, 0.5) is 6.01 Å². The lowest BCUT2D eigenvalue weighted by Gasteiger charge is -2.15. The summed E-state index contributed by atoms with van der Waals surface area (Å²) in [4.78, 5) is 8.83. The molecule has 0 radical (unpaired) electrons. The molecule has 3 aromatic rings. The van der Waals surface area contributed by atoms with Crippen LogP contribution >= 0.6 is 0 Å². The molecule has 3 heterocycles. The van der Waals surface area contributed by atoms with Gasteiger partial charge in [0.15, 0.2) is 11.4 Å². The van der Waals surface area contributed by atoms with Crippen LogP contribution in [0.1, 0.15) is 24.2 Å². The number of anilines is 1. The summed E-state index contributed by atoms with van der Waals surface area (Å²) >= 11 is 0. The maximum Gasteiger partial charge on any atom is 0.295 e. The zero-order valence-corrected chi connectivity index (χ0v) is 13.6. The summed E-state index contributed by atoms with van der Waals surface area (Å²) in [5.74, 6) is 2.52. The third kappa shape index (κ3) is 2.80. The lowest BCUT2D eigenvalue weighted by molar-refractivity contribution is 0.0863. The first-order valence-electron chi connectivity index (χ1n) is 7.92. The van der Waals surface area contributed by atoms with Crippen LogP contribution in [0.2, 0.25) is 0 Å². The van der Waals surface area contributed by atoms with Gasteiger partial charge in [0.25, 0.3) is 6.01 Å². The monoisotopic (exact) mass is 329 g/mol. The Hall–Kier alpha value is -2.61. The minimum Gasteiger partial charge on any atom is -0.497 e. The molecule has 126 valence electrons. The van der Waals surface area contributed by atoms with Crippen LogP contribution in [0.25, 0.3) is 11.1 Å². The number of benzene rings is 1. The number of methoxy groups -OCH3 is 1. The van der Waals surface area contributed by atoms with Crippen LogP contribution in [-0.2, 0) is 4.74 Å². The Balaban J connectivity index is 1.46. The highest BCUT2D eigenvalue weighted by atomic mass is 16.5. The number of aromatic nitrogens is 4. The van der Waals surface area contributed by atoms with Crippen molar-refractivity contribution in [1.29, 1.82) is 0 Å². The van der Waals surface area contributed by atoms with Gasteiger partial charge >= 0.3 is 0 Å². The SMILES string of the molecule is COc1ccc2oc(NC[C@@H]3CCO[C@@H]3c3n[nH]c(C)n3)nc2c1. The van der Waals surface area contributed by atoms with Gasteiger partial charge in [-0.15, -0.1) is 0 Å². The van der Waals surface area contributed by atoms with E-state index in [0.29, 0.717) is 25.0 Å². The first kappa shape index (κ1) is 14.9. The topological polar surface area (TPSA) is 98.1 Å². The van der Waals surface area contributed by atoms with E-state index in [1.54, 1.807) is 7.11 Å². The lowest BCUT2D eigenvalue weighted by atomic mass is 10.0. The summed E-state index contributed by atoms with van der Waals surface area (Å²) in [6.07, 6.45) is 0.839. The second-order valence-electron chi connectivity index (χ2n) is 5.85. The molecule has 2 atom stereocenters. The summed E-state index contributed by atoms with van der Waals surface area (Å²) in [6.45, 7) is 3.27. The first-order valence-corrected chi connectivity index (χ1v) is 7.92. The number of ether oxygens (including phenoxy) is 2. The van der Waals surface area contributed by atoms with Crippen molar-refractivity contribution in [2.75, 3.05) is 25.6 Å². The van der Waals surface area contributed by atoms with E-state index in [0.717, 1.165) is 29.1 Å². The molecule has 0 bridgehead atoms. The summed E-state index contributed by atoms with van der Waals surface area (Å²) in [5.41, 5.74) is 1.49. The fraction of sp³-hybridized carbons (Fsp3) is 0.438. The van der Waals surface area contributed by atoms with Crippen molar-refractivity contribution in [3.05, 3.63) is 29.8 Å². The first-order chi connectivity index (χ1) is 11.7. The summed E-state index contributed by atoms with van der Waals surface area (Å²) < 4.78 is 16.7. The lowest BCUT2D eigenvalue weighted by Crippen LogP contribution is -2.19. The van der Waals surface area contributed by atoms with Gasteiger partial charge in [-0.1, -0.05) is 0 Å². The van der Waals surface area contributed by atoms with E-state index >= 15 is 0 Å². The van der Waals surface area contributed by atoms with Crippen molar-refractivity contribution in [3.8, 4) is 5.75 Å². The van der Waals surface area contributed by atoms with E-state index in [9.17, 15) is 0 Å². The van der Waals surface area contributed by atoms with Crippen molar-refractivity contribution < 1.29 is 13.9 Å². The summed E-state index contributed by atoms with van der Waals surface area (Å²) in [6, 6.07) is 6.05. The highest BCUT2D eigenvalue weighted by molar-refractivity contribution is 5.76. The molecule has 2 N–H and O–H groups in total. The maximum absolute atomic E-state index is 5.79. The minimum absolute atomic E-state index is 0.105. The largest absolute Gasteiger partial charge is 0.497 e. The van der Waals surface area contributed by atoms with Gasteiger partial charge in [0.1, 0.15) is 23.2 Å². The van der Waals surface area contributed by atoms with E-state index in [1.165, 1.54) is 0 Å². The van der Waals surface area contributed by atoms with Crippen molar-refractivity contribution in [3.63, 3.8) is 0 Å². The van der Waals surface area contributed by atoms with Gasteiger partial charge in [-0.05, 0) is 25.5 Å². The van der Waals surface area contributed by atoms with E-state index in [2.05, 4.69) is 25.5 Å². The Bertz CT molecular complexity index is 843. The molecule has 1 aromatic carbocycles. The van der Waals surface area contributed by atoms with Crippen LogP contribution in [0.3, 0.4) is 0 Å². The number of rotatable bonds is 5. The molecule has 0 aliphatic carbocycles. The van der Waals surface area contributed by atoms with Crippen molar-refractivity contribution in [2.45, 2.75) is 19.4 Å². The van der Waals surface area contributed by atoms with Crippen molar-refractivity contribution >= 4 is 17.1 Å². The molecular weight excluding hydrogens is 310 g/mol. The van der Waals surface area contributed by atoms with Gasteiger partial charge in [0.2, 0.25) is 0 Å². The molecule has 1 aliphatic rings. The van der Waals surface area contributed by atoms with Gasteiger partial charge in [-0.3, -0.25) is 5.10 Å². The minimum atomic E-state index is -0.105. The number of nitrogens with zero attached hydrogens (tertiary/aromatic N) is 3. The average Bonchev–Trinajstić information content (AvgIpc) is 3.30. The molecule has 4 rings (SSSR count). The Morgan fingerprint density at radius 1 is 1.38 bits per heavy atom. The zero-order valence-electron chi connectivity index (χ0n) is 13.6. The number of H-pyrrole nitrogens is 1. The molecule has 1 aliphatic heterocycles. The molecule has 0 saturated carbocycles. The summed E-state index contributed by atoms with van der Waals surface area (Å²) in [5, 5.41) is 10.3. The number of hydrogen-bond acceptors (Lipinski definition) is 7. The van der Waals surface area contributed by atoms with Crippen molar-refractivity contribution in [2.24, 2.45) is 5.92 Å². The number of oxazole rings is 1. The van der Waals surface area contributed by atoms with Crippen LogP contribution in [0, 0.1) is 12.8 Å². The summed E-state index contributed by atoms with van der Waals surface area (Å²) in [7, 11) is 1.63. The molecule has 0 spiro atoms. The van der Waals surface area contributed by atoms with Gasteiger partial charge in [-0.25, -0.2) is 4.98 Å². The molecular formula is C16H19N5O3. The molecule has 2 aromatic heterocycles. The van der Waals surface area contributed by atoms with Crippen molar-refractivity contribution in [1.82, 2.24) is 20.2 Å². The molecule has 0 unspecified atom stereocenters. The number of nitrogens with one attached hydrogen (secondary N) is 2. The molecule has 8 nitrogen and oxygen atoms in total. The molecule has 0 amide bonds. The van der Waals surface area contributed by atoms with Gasteiger partial charge in [0, 0.05) is 25.1 Å².